The summed E-state index contributed by atoms with van der Waals surface area (Å²) in [5, 5.41) is 0. The first-order valence-electron chi connectivity index (χ1n) is 8.69. The van der Waals surface area contributed by atoms with Gasteiger partial charge in [0.1, 0.15) is 5.82 Å². The molecule has 0 radical (unpaired) electrons. The highest BCUT2D eigenvalue weighted by Gasteiger charge is 2.35. The molecule has 9 heteroatoms. The number of pyridine rings is 2. The number of hydrogen-bond acceptors (Lipinski definition) is 6. The van der Waals surface area contributed by atoms with Crippen molar-refractivity contribution in [1.82, 2.24) is 9.97 Å². The van der Waals surface area contributed by atoms with Crippen LogP contribution in [0.15, 0.2) is 59.6 Å². The highest BCUT2D eigenvalue weighted by atomic mass is 32.2. The molecule has 0 atom stereocenters. The van der Waals surface area contributed by atoms with Gasteiger partial charge in [-0.2, -0.15) is 4.98 Å². The first-order chi connectivity index (χ1) is 14.1. The summed E-state index contributed by atoms with van der Waals surface area (Å²) in [5.41, 5.74) is 0.393. The molecule has 1 aliphatic rings. The molecule has 1 aromatic carbocycles. The van der Waals surface area contributed by atoms with Gasteiger partial charge < -0.3 is 9.47 Å². The van der Waals surface area contributed by atoms with Gasteiger partial charge in [0, 0.05) is 23.7 Å². The summed E-state index contributed by atoms with van der Waals surface area (Å²) < 4.78 is 26.1. The van der Waals surface area contributed by atoms with Gasteiger partial charge >= 0.3 is 6.03 Å². The van der Waals surface area contributed by atoms with Crippen molar-refractivity contribution in [2.45, 2.75) is 11.4 Å². The summed E-state index contributed by atoms with van der Waals surface area (Å²) >= 11 is 1.20. The van der Waals surface area contributed by atoms with E-state index in [4.69, 9.17) is 9.47 Å². The lowest BCUT2D eigenvalue weighted by Gasteiger charge is -2.34. The number of ether oxygens (including phenoxy) is 2. The number of anilines is 2. The normalized spacial score (nSPS) is 13.3. The number of carbonyl (C=O) groups excluding carboxylic acids is 1. The summed E-state index contributed by atoms with van der Waals surface area (Å²) in [7, 11) is 2.99. The zero-order chi connectivity index (χ0) is 20.4. The molecule has 2 aromatic heterocycles. The van der Waals surface area contributed by atoms with E-state index in [1.807, 2.05) is 6.07 Å². The predicted octanol–water partition coefficient (Wildman–Crippen LogP) is 4.29. The van der Waals surface area contributed by atoms with Crippen molar-refractivity contribution < 1.29 is 18.7 Å². The molecule has 3 heterocycles. The molecule has 0 unspecified atom stereocenters. The highest BCUT2D eigenvalue weighted by molar-refractivity contribution is 8.01. The van der Waals surface area contributed by atoms with Crippen LogP contribution in [0.1, 0.15) is 5.56 Å². The van der Waals surface area contributed by atoms with E-state index in [2.05, 4.69) is 9.97 Å². The smallest absolute Gasteiger partial charge is 0.342 e. The van der Waals surface area contributed by atoms with Crippen molar-refractivity contribution in [3.05, 3.63) is 66.1 Å². The predicted molar refractivity (Wildman–Crippen MR) is 108 cm³/mol. The molecule has 4 rings (SSSR count). The van der Waals surface area contributed by atoms with Gasteiger partial charge in [-0.1, -0.05) is 18.2 Å². The molecule has 0 N–H and O–H groups in total. The van der Waals surface area contributed by atoms with Gasteiger partial charge in [-0.25, -0.2) is 18.5 Å². The Kier molecular flexibility index (Phi) is 5.22. The number of benzene rings is 1. The summed E-state index contributed by atoms with van der Waals surface area (Å²) in [6.07, 6.45) is 1.60. The minimum absolute atomic E-state index is 0.0415. The zero-order valence-electron chi connectivity index (χ0n) is 15.7. The summed E-state index contributed by atoms with van der Waals surface area (Å²) in [4.78, 5) is 24.2. The van der Waals surface area contributed by atoms with Crippen LogP contribution in [-0.4, -0.2) is 30.2 Å². The summed E-state index contributed by atoms with van der Waals surface area (Å²) in [6, 6.07) is 12.9. The lowest BCUT2D eigenvalue weighted by atomic mass is 10.2. The van der Waals surface area contributed by atoms with Crippen LogP contribution < -0.4 is 18.7 Å². The van der Waals surface area contributed by atoms with Crippen LogP contribution in [0.5, 0.6) is 11.6 Å². The van der Waals surface area contributed by atoms with Crippen molar-refractivity contribution in [2.75, 3.05) is 23.4 Å². The Hall–Kier alpha value is -3.33. The minimum Gasteiger partial charge on any atom is -0.491 e. The molecule has 0 saturated heterocycles. The Morgan fingerprint density at radius 3 is 2.66 bits per heavy atom. The maximum absolute atomic E-state index is 14.2. The fraction of sp³-hybridized carbons (Fsp3) is 0.150. The number of hydrogen-bond donors (Lipinski definition) is 0. The maximum atomic E-state index is 14.2. The van der Waals surface area contributed by atoms with Crippen molar-refractivity contribution >= 4 is 29.6 Å². The van der Waals surface area contributed by atoms with Crippen LogP contribution in [0, 0.1) is 5.82 Å². The second-order valence-electron chi connectivity index (χ2n) is 6.05. The fourth-order valence-corrected chi connectivity index (χ4v) is 3.86. The third-order valence-electron chi connectivity index (χ3n) is 4.32. The number of halogens is 1. The largest absolute Gasteiger partial charge is 0.491 e. The van der Waals surface area contributed by atoms with Gasteiger partial charge in [0.2, 0.25) is 0 Å². The zero-order valence-corrected chi connectivity index (χ0v) is 16.5. The Balaban J connectivity index is 1.75. The average molecular weight is 412 g/mol. The van der Waals surface area contributed by atoms with Crippen LogP contribution in [0.2, 0.25) is 0 Å². The molecule has 0 saturated carbocycles. The molecule has 3 aromatic rings. The van der Waals surface area contributed by atoms with Gasteiger partial charge in [-0.05, 0) is 30.3 Å². The number of nitrogens with zero attached hydrogens (tertiary/aromatic N) is 4. The molecule has 2 amide bonds. The van der Waals surface area contributed by atoms with Crippen molar-refractivity contribution in [1.29, 1.82) is 0 Å². The lowest BCUT2D eigenvalue weighted by Crippen LogP contribution is -2.43. The lowest BCUT2D eigenvalue weighted by molar-refractivity contribution is 0.253. The Bertz CT molecular complexity index is 1070. The van der Waals surface area contributed by atoms with Crippen molar-refractivity contribution in [2.24, 2.45) is 0 Å². The van der Waals surface area contributed by atoms with E-state index in [0.717, 1.165) is 4.90 Å². The fourth-order valence-electron chi connectivity index (χ4n) is 2.91. The quantitative estimate of drug-likeness (QED) is 0.583. The first kappa shape index (κ1) is 19.0. The van der Waals surface area contributed by atoms with E-state index in [1.54, 1.807) is 42.6 Å². The minimum atomic E-state index is -0.385. The summed E-state index contributed by atoms with van der Waals surface area (Å²) in [6.45, 7) is 0.0415. The summed E-state index contributed by atoms with van der Waals surface area (Å²) in [5.74, 6) is 1.17. The topological polar surface area (TPSA) is 67.8 Å². The first-order valence-corrected chi connectivity index (χ1v) is 9.46. The standard InChI is InChI=1S/C20H17FN4O3S/c1-27-15-9-10-17(23-19(15)28-2)25-20(26)24(12-13-6-3-4-7-14(13)21)18-16(29-25)8-5-11-22-18/h3-11H,12H2,1-2H3. The third-order valence-corrected chi connectivity index (χ3v) is 5.36. The van der Waals surface area contributed by atoms with E-state index in [1.165, 1.54) is 41.4 Å². The van der Waals surface area contributed by atoms with Crippen LogP contribution >= 0.6 is 11.9 Å². The van der Waals surface area contributed by atoms with Gasteiger partial charge in [-0.3, -0.25) is 4.90 Å². The molecule has 0 bridgehead atoms. The highest BCUT2D eigenvalue weighted by Crippen LogP contribution is 2.41. The van der Waals surface area contributed by atoms with E-state index < -0.39 is 0 Å². The van der Waals surface area contributed by atoms with Gasteiger partial charge in [-0.15, -0.1) is 0 Å². The average Bonchev–Trinajstić information content (AvgIpc) is 2.76. The SMILES string of the molecule is COc1ccc(N2Sc3cccnc3N(Cc3ccccc3F)C2=O)nc1OC. The molecule has 148 valence electrons. The van der Waals surface area contributed by atoms with E-state index in [0.29, 0.717) is 22.9 Å². The number of fused-ring (bicyclic) bond motifs is 1. The number of rotatable bonds is 5. The molecule has 0 fully saturated rings. The van der Waals surface area contributed by atoms with Crippen molar-refractivity contribution in [3.8, 4) is 11.6 Å². The monoisotopic (exact) mass is 412 g/mol. The van der Waals surface area contributed by atoms with Gasteiger partial charge in [0.15, 0.2) is 17.4 Å². The maximum Gasteiger partial charge on any atom is 0.342 e. The number of carbonyl (C=O) groups is 1. The molecule has 0 aliphatic carbocycles. The number of amides is 2. The molecular formula is C20H17FN4O3S. The van der Waals surface area contributed by atoms with Crippen molar-refractivity contribution in [3.63, 3.8) is 0 Å². The molecular weight excluding hydrogens is 395 g/mol. The molecule has 0 spiro atoms. The third kappa shape index (κ3) is 3.56. The van der Waals surface area contributed by atoms with E-state index in [9.17, 15) is 9.18 Å². The molecule has 29 heavy (non-hydrogen) atoms. The molecule has 7 nitrogen and oxygen atoms in total. The second kappa shape index (κ2) is 7.96. The Morgan fingerprint density at radius 1 is 1.07 bits per heavy atom. The number of urea groups is 1. The van der Waals surface area contributed by atoms with Crippen LogP contribution in [0.4, 0.5) is 20.8 Å². The Morgan fingerprint density at radius 2 is 1.90 bits per heavy atom. The number of methoxy groups -OCH3 is 2. The number of aromatic nitrogens is 2. The van der Waals surface area contributed by atoms with Gasteiger partial charge in [0.25, 0.3) is 5.88 Å². The second-order valence-corrected chi connectivity index (χ2v) is 7.04. The molecule has 1 aliphatic heterocycles. The van der Waals surface area contributed by atoms with Gasteiger partial charge in [0.05, 0.1) is 25.7 Å². The van der Waals surface area contributed by atoms with Crippen LogP contribution in [0.3, 0.4) is 0 Å². The Labute approximate surface area is 171 Å². The van der Waals surface area contributed by atoms with E-state index in [-0.39, 0.29) is 24.3 Å². The van der Waals surface area contributed by atoms with E-state index >= 15 is 0 Å². The van der Waals surface area contributed by atoms with Crippen LogP contribution in [0.25, 0.3) is 0 Å². The van der Waals surface area contributed by atoms with Crippen LogP contribution in [-0.2, 0) is 6.54 Å².